The number of nitrogens with one attached hydrogen (secondary N) is 1. The molecule has 5 heteroatoms. The number of anilines is 1. The van der Waals surface area contributed by atoms with Crippen LogP contribution in [0.5, 0.6) is 0 Å². The summed E-state index contributed by atoms with van der Waals surface area (Å²) in [4.78, 5) is 27.1. The highest BCUT2D eigenvalue weighted by Gasteiger charge is 2.48. The summed E-state index contributed by atoms with van der Waals surface area (Å²) in [6.07, 6.45) is 3.47. The van der Waals surface area contributed by atoms with Gasteiger partial charge in [0.15, 0.2) is 5.78 Å². The summed E-state index contributed by atoms with van der Waals surface area (Å²) in [5, 5.41) is 14.0. The number of carbonyl (C=O) groups is 2. The largest absolute Gasteiger partial charge is 0.390 e. The first-order valence-corrected chi connectivity index (χ1v) is 10.9. The Hall–Kier alpha value is -2.50. The van der Waals surface area contributed by atoms with E-state index in [1.54, 1.807) is 0 Å². The standard InChI is InChI=1S/C25H28N2O3/c28-22(21-8-4-7-18-9-10-23(29)26-24(18)21)16-27-14-19-12-25(30,13-20(19)15-27)11-17-5-2-1-3-6-17/h1-8,19-20,30H,9-16H2,(H,26,29)/t19-,20+,25-. The number of benzene rings is 2. The molecule has 3 atom stereocenters. The predicted octanol–water partition coefficient (Wildman–Crippen LogP) is 3.07. The van der Waals surface area contributed by atoms with Crippen molar-refractivity contribution in [2.75, 3.05) is 25.0 Å². The number of hydrogen-bond donors (Lipinski definition) is 2. The van der Waals surface area contributed by atoms with Gasteiger partial charge >= 0.3 is 0 Å². The smallest absolute Gasteiger partial charge is 0.224 e. The Labute approximate surface area is 177 Å². The van der Waals surface area contributed by atoms with E-state index in [0.29, 0.717) is 48.9 Å². The van der Waals surface area contributed by atoms with Gasteiger partial charge in [-0.15, -0.1) is 0 Å². The number of fused-ring (bicyclic) bond motifs is 2. The van der Waals surface area contributed by atoms with E-state index in [-0.39, 0.29) is 11.7 Å². The van der Waals surface area contributed by atoms with Gasteiger partial charge in [0.25, 0.3) is 0 Å². The van der Waals surface area contributed by atoms with E-state index < -0.39 is 5.60 Å². The zero-order valence-electron chi connectivity index (χ0n) is 17.1. The van der Waals surface area contributed by atoms with Crippen LogP contribution in [0.25, 0.3) is 0 Å². The van der Waals surface area contributed by atoms with E-state index >= 15 is 0 Å². The molecule has 156 valence electrons. The zero-order valence-corrected chi connectivity index (χ0v) is 17.1. The molecule has 30 heavy (non-hydrogen) atoms. The molecule has 0 aromatic heterocycles. The summed E-state index contributed by atoms with van der Waals surface area (Å²) in [5.41, 5.74) is 2.93. The van der Waals surface area contributed by atoms with E-state index in [0.717, 1.165) is 31.5 Å². The lowest BCUT2D eigenvalue weighted by Gasteiger charge is -2.26. The van der Waals surface area contributed by atoms with Crippen molar-refractivity contribution < 1.29 is 14.7 Å². The molecule has 1 saturated carbocycles. The van der Waals surface area contributed by atoms with Gasteiger partial charge in [-0.1, -0.05) is 42.5 Å². The van der Waals surface area contributed by atoms with Gasteiger partial charge in [0, 0.05) is 31.5 Å². The maximum Gasteiger partial charge on any atom is 0.224 e. The average molecular weight is 405 g/mol. The molecule has 2 fully saturated rings. The van der Waals surface area contributed by atoms with Crippen LogP contribution < -0.4 is 5.32 Å². The first-order valence-electron chi connectivity index (χ1n) is 10.9. The molecule has 5 rings (SSSR count). The summed E-state index contributed by atoms with van der Waals surface area (Å²) in [7, 11) is 0. The van der Waals surface area contributed by atoms with E-state index in [2.05, 4.69) is 22.3 Å². The van der Waals surface area contributed by atoms with Crippen molar-refractivity contribution in [2.24, 2.45) is 11.8 Å². The number of nitrogens with zero attached hydrogens (tertiary/aromatic N) is 1. The molecule has 0 unspecified atom stereocenters. The molecule has 1 aliphatic carbocycles. The van der Waals surface area contributed by atoms with Gasteiger partial charge in [0.2, 0.25) is 5.91 Å². The second-order valence-electron chi connectivity index (χ2n) is 9.32. The van der Waals surface area contributed by atoms with Crippen LogP contribution in [-0.4, -0.2) is 46.9 Å². The van der Waals surface area contributed by atoms with Crippen LogP contribution in [0.1, 0.15) is 40.7 Å². The van der Waals surface area contributed by atoms with Crippen LogP contribution in [-0.2, 0) is 17.6 Å². The monoisotopic (exact) mass is 404 g/mol. The van der Waals surface area contributed by atoms with E-state index in [1.165, 1.54) is 5.56 Å². The number of aryl methyl sites for hydroxylation is 1. The molecule has 0 bridgehead atoms. The molecule has 1 saturated heterocycles. The van der Waals surface area contributed by atoms with Gasteiger partial charge in [-0.05, 0) is 48.3 Å². The van der Waals surface area contributed by atoms with Gasteiger partial charge in [0.05, 0.1) is 17.8 Å². The quantitative estimate of drug-likeness (QED) is 0.752. The molecular formula is C25H28N2O3. The van der Waals surface area contributed by atoms with E-state index in [1.807, 2.05) is 36.4 Å². The van der Waals surface area contributed by atoms with Crippen LogP contribution in [0, 0.1) is 11.8 Å². The summed E-state index contributed by atoms with van der Waals surface area (Å²) < 4.78 is 0. The Morgan fingerprint density at radius 3 is 2.50 bits per heavy atom. The van der Waals surface area contributed by atoms with Crippen molar-refractivity contribution in [3.8, 4) is 0 Å². The molecule has 0 spiro atoms. The van der Waals surface area contributed by atoms with Gasteiger partial charge < -0.3 is 10.4 Å². The number of hydrogen-bond acceptors (Lipinski definition) is 4. The number of amides is 1. The predicted molar refractivity (Wildman–Crippen MR) is 115 cm³/mol. The van der Waals surface area contributed by atoms with Gasteiger partial charge in [0.1, 0.15) is 0 Å². The highest BCUT2D eigenvalue weighted by Crippen LogP contribution is 2.45. The van der Waals surface area contributed by atoms with Crippen LogP contribution in [0.2, 0.25) is 0 Å². The second-order valence-corrected chi connectivity index (χ2v) is 9.32. The fraction of sp³-hybridized carbons (Fsp3) is 0.440. The summed E-state index contributed by atoms with van der Waals surface area (Å²) in [5.74, 6) is 0.927. The Bertz CT molecular complexity index is 958. The maximum atomic E-state index is 13.0. The molecule has 0 radical (unpaired) electrons. The number of carbonyl (C=O) groups excluding carboxylic acids is 2. The fourth-order valence-corrected chi connectivity index (χ4v) is 5.73. The Morgan fingerprint density at radius 1 is 1.03 bits per heavy atom. The van der Waals surface area contributed by atoms with E-state index in [9.17, 15) is 14.7 Å². The van der Waals surface area contributed by atoms with Crippen molar-refractivity contribution >= 4 is 17.4 Å². The molecule has 3 aliphatic rings. The third-order valence-electron chi connectivity index (χ3n) is 7.02. The van der Waals surface area contributed by atoms with Crippen molar-refractivity contribution in [1.29, 1.82) is 0 Å². The topological polar surface area (TPSA) is 69.6 Å². The zero-order chi connectivity index (χ0) is 20.7. The van der Waals surface area contributed by atoms with Crippen LogP contribution in [0.4, 0.5) is 5.69 Å². The molecule has 2 heterocycles. The summed E-state index contributed by atoms with van der Waals surface area (Å²) >= 11 is 0. The molecular weight excluding hydrogens is 376 g/mol. The number of para-hydroxylation sites is 1. The number of Topliss-reactive ketones (excluding diaryl/α,β-unsaturated/α-hetero) is 1. The minimum Gasteiger partial charge on any atom is -0.390 e. The molecule has 1 amide bonds. The Morgan fingerprint density at radius 2 is 1.77 bits per heavy atom. The highest BCUT2D eigenvalue weighted by molar-refractivity contribution is 6.07. The van der Waals surface area contributed by atoms with Gasteiger partial charge in [-0.25, -0.2) is 0 Å². The van der Waals surface area contributed by atoms with Crippen molar-refractivity contribution in [2.45, 2.75) is 37.7 Å². The minimum absolute atomic E-state index is 0.0174. The number of ketones is 1. The molecule has 5 nitrogen and oxygen atoms in total. The number of rotatable bonds is 5. The summed E-state index contributed by atoms with van der Waals surface area (Å²) in [6, 6.07) is 15.9. The number of likely N-dealkylation sites (tertiary alicyclic amines) is 1. The van der Waals surface area contributed by atoms with Crippen molar-refractivity contribution in [1.82, 2.24) is 4.90 Å². The summed E-state index contributed by atoms with van der Waals surface area (Å²) in [6.45, 7) is 2.08. The molecule has 2 aliphatic heterocycles. The van der Waals surface area contributed by atoms with Crippen LogP contribution in [0.15, 0.2) is 48.5 Å². The lowest BCUT2D eigenvalue weighted by atomic mass is 9.91. The normalized spacial score (nSPS) is 28.1. The van der Waals surface area contributed by atoms with Crippen LogP contribution in [0.3, 0.4) is 0 Å². The Balaban J connectivity index is 1.22. The lowest BCUT2D eigenvalue weighted by molar-refractivity contribution is -0.116. The van der Waals surface area contributed by atoms with Gasteiger partial charge in [-0.2, -0.15) is 0 Å². The molecule has 2 N–H and O–H groups in total. The third-order valence-corrected chi connectivity index (χ3v) is 7.02. The molecule has 2 aromatic carbocycles. The van der Waals surface area contributed by atoms with Crippen molar-refractivity contribution in [3.05, 3.63) is 65.2 Å². The van der Waals surface area contributed by atoms with E-state index in [4.69, 9.17) is 0 Å². The second kappa shape index (κ2) is 7.64. The third kappa shape index (κ3) is 3.80. The lowest BCUT2D eigenvalue weighted by Crippen LogP contribution is -2.34. The fourth-order valence-electron chi connectivity index (χ4n) is 5.73. The molecule has 2 aromatic rings. The average Bonchev–Trinajstić information content (AvgIpc) is 3.21. The first-order chi connectivity index (χ1) is 14.5. The van der Waals surface area contributed by atoms with Crippen LogP contribution >= 0.6 is 0 Å². The number of aliphatic hydroxyl groups is 1. The minimum atomic E-state index is -0.629. The Kier molecular flexibility index (Phi) is 4.95. The van der Waals surface area contributed by atoms with Crippen molar-refractivity contribution in [3.63, 3.8) is 0 Å². The van der Waals surface area contributed by atoms with Gasteiger partial charge in [-0.3, -0.25) is 14.5 Å². The maximum absolute atomic E-state index is 13.0. The SMILES string of the molecule is O=C1CCc2cccc(C(=O)CN3C[C@@H]4C[C@@](O)(Cc5ccccc5)C[C@@H]4C3)c2N1. The highest BCUT2D eigenvalue weighted by atomic mass is 16.3. The first kappa shape index (κ1) is 19.5.